The van der Waals surface area contributed by atoms with Crippen LogP contribution in [0.15, 0.2) is 24.3 Å². The van der Waals surface area contributed by atoms with Gasteiger partial charge in [0, 0.05) is 6.54 Å². The second kappa shape index (κ2) is 6.28. The van der Waals surface area contributed by atoms with Crippen molar-refractivity contribution in [3.05, 3.63) is 40.7 Å². The summed E-state index contributed by atoms with van der Waals surface area (Å²) in [5.74, 6) is -0.523. The van der Waals surface area contributed by atoms with E-state index in [2.05, 4.69) is 10.4 Å². The van der Waals surface area contributed by atoms with Crippen LogP contribution in [-0.4, -0.2) is 28.1 Å². The summed E-state index contributed by atoms with van der Waals surface area (Å²) < 4.78 is 1.60. The number of carbonyl (C=O) groups is 2. The van der Waals surface area contributed by atoms with E-state index in [0.29, 0.717) is 28.6 Å². The Labute approximate surface area is 145 Å². The largest absolute Gasteiger partial charge is 0.324 e. The molecule has 1 N–H and O–H groups in total. The molecule has 0 unspecified atom stereocenters. The average molecular weight is 347 g/mol. The molecule has 0 bridgehead atoms. The summed E-state index contributed by atoms with van der Waals surface area (Å²) in [6.45, 7) is 5.85. The Morgan fingerprint density at radius 1 is 1.38 bits per heavy atom. The highest BCUT2D eigenvalue weighted by Crippen LogP contribution is 2.30. The molecule has 0 radical (unpaired) electrons. The molecule has 0 saturated carbocycles. The van der Waals surface area contributed by atoms with Gasteiger partial charge in [-0.3, -0.25) is 14.3 Å². The molecule has 6 nitrogen and oxygen atoms in total. The molecule has 7 heteroatoms. The molecule has 2 amide bonds. The first kappa shape index (κ1) is 16.5. The Kier molecular flexibility index (Phi) is 4.32. The molecule has 1 aromatic heterocycles. The summed E-state index contributed by atoms with van der Waals surface area (Å²) >= 11 is 6.15. The number of fused-ring (bicyclic) bond motifs is 1. The van der Waals surface area contributed by atoms with Gasteiger partial charge < -0.3 is 10.2 Å². The van der Waals surface area contributed by atoms with Gasteiger partial charge in [-0.1, -0.05) is 30.7 Å². The Bertz CT molecular complexity index is 815. The van der Waals surface area contributed by atoms with Crippen molar-refractivity contribution in [2.24, 2.45) is 5.92 Å². The van der Waals surface area contributed by atoms with Gasteiger partial charge in [0.05, 0.1) is 33.7 Å². The molecule has 2 heterocycles. The van der Waals surface area contributed by atoms with Crippen LogP contribution in [0.2, 0.25) is 5.02 Å². The highest BCUT2D eigenvalue weighted by Gasteiger charge is 2.29. The molecule has 1 aliphatic heterocycles. The number of halogens is 1. The van der Waals surface area contributed by atoms with Crippen molar-refractivity contribution in [3.63, 3.8) is 0 Å². The van der Waals surface area contributed by atoms with E-state index in [0.717, 1.165) is 5.69 Å². The molecule has 3 rings (SSSR count). The molecular weight excluding hydrogens is 328 g/mol. The van der Waals surface area contributed by atoms with Gasteiger partial charge in [0.1, 0.15) is 6.54 Å². The standard InChI is InChI=1S/C17H19ClN4O2/c1-10-8-21(14-7-5-4-6-13(14)19-17(10)24)15(23)9-22-12(3)16(18)11(2)20-22/h4-7,10H,8-9H2,1-3H3,(H,19,24)/t10-/m0/s1. The predicted molar refractivity (Wildman–Crippen MR) is 93.3 cm³/mol. The fourth-order valence-electron chi connectivity index (χ4n) is 2.80. The van der Waals surface area contributed by atoms with E-state index in [-0.39, 0.29) is 24.3 Å². The highest BCUT2D eigenvalue weighted by atomic mass is 35.5. The van der Waals surface area contributed by atoms with Gasteiger partial charge in [-0.2, -0.15) is 5.10 Å². The zero-order valence-electron chi connectivity index (χ0n) is 13.8. The Hall–Kier alpha value is -2.34. The van der Waals surface area contributed by atoms with E-state index in [9.17, 15) is 9.59 Å². The zero-order chi connectivity index (χ0) is 17.4. The van der Waals surface area contributed by atoms with Crippen molar-refractivity contribution < 1.29 is 9.59 Å². The van der Waals surface area contributed by atoms with Crippen molar-refractivity contribution in [2.75, 3.05) is 16.8 Å². The number of carbonyl (C=O) groups excluding carboxylic acids is 2. The third-order valence-electron chi connectivity index (χ3n) is 4.24. The van der Waals surface area contributed by atoms with Crippen molar-refractivity contribution in [1.29, 1.82) is 0 Å². The summed E-state index contributed by atoms with van der Waals surface area (Å²) in [6, 6.07) is 7.31. The third-order valence-corrected chi connectivity index (χ3v) is 4.78. The molecule has 0 spiro atoms. The maximum Gasteiger partial charge on any atom is 0.248 e. The van der Waals surface area contributed by atoms with Gasteiger partial charge in [-0.25, -0.2) is 0 Å². The number of para-hydroxylation sites is 2. The molecule has 126 valence electrons. The Morgan fingerprint density at radius 3 is 2.75 bits per heavy atom. The van der Waals surface area contributed by atoms with Crippen LogP contribution >= 0.6 is 11.6 Å². The Balaban J connectivity index is 1.93. The number of aryl methyl sites for hydroxylation is 1. The van der Waals surface area contributed by atoms with Crippen molar-refractivity contribution >= 4 is 34.8 Å². The Morgan fingerprint density at radius 2 is 2.08 bits per heavy atom. The summed E-state index contributed by atoms with van der Waals surface area (Å²) in [5.41, 5.74) is 2.80. The minimum absolute atomic E-state index is 0.0780. The number of benzene rings is 1. The lowest BCUT2D eigenvalue weighted by Crippen LogP contribution is -2.38. The number of aromatic nitrogens is 2. The van der Waals surface area contributed by atoms with Crippen molar-refractivity contribution in [1.82, 2.24) is 9.78 Å². The molecular formula is C17H19ClN4O2. The number of hydrogen-bond acceptors (Lipinski definition) is 3. The molecule has 0 saturated heterocycles. The normalized spacial score (nSPS) is 17.2. The van der Waals surface area contributed by atoms with Gasteiger partial charge in [0.25, 0.3) is 0 Å². The van der Waals surface area contributed by atoms with E-state index in [1.54, 1.807) is 15.6 Å². The van der Waals surface area contributed by atoms with E-state index in [1.165, 1.54) is 0 Å². The monoisotopic (exact) mass is 346 g/mol. The first-order valence-corrected chi connectivity index (χ1v) is 8.16. The SMILES string of the molecule is Cc1nn(CC(=O)N2C[C@H](C)C(=O)Nc3ccccc32)c(C)c1Cl. The van der Waals surface area contributed by atoms with Crippen LogP contribution in [0.1, 0.15) is 18.3 Å². The van der Waals surface area contributed by atoms with Crippen LogP contribution in [-0.2, 0) is 16.1 Å². The lowest BCUT2D eigenvalue weighted by atomic mass is 10.1. The van der Waals surface area contributed by atoms with Gasteiger partial charge in [0.2, 0.25) is 11.8 Å². The molecule has 1 aliphatic rings. The number of nitrogens with one attached hydrogen (secondary N) is 1. The quantitative estimate of drug-likeness (QED) is 0.909. The molecule has 2 aromatic rings. The third kappa shape index (κ3) is 2.89. The van der Waals surface area contributed by atoms with Gasteiger partial charge in [-0.05, 0) is 26.0 Å². The van der Waals surface area contributed by atoms with Crippen LogP contribution in [0.3, 0.4) is 0 Å². The molecule has 24 heavy (non-hydrogen) atoms. The number of hydrogen-bond donors (Lipinski definition) is 1. The minimum atomic E-state index is -0.301. The van der Waals surface area contributed by atoms with Gasteiger partial charge in [-0.15, -0.1) is 0 Å². The number of rotatable bonds is 2. The topological polar surface area (TPSA) is 67.2 Å². The summed E-state index contributed by atoms with van der Waals surface area (Å²) in [4.78, 5) is 26.7. The maximum absolute atomic E-state index is 12.9. The first-order valence-electron chi connectivity index (χ1n) is 7.78. The number of amides is 2. The second-order valence-electron chi connectivity index (χ2n) is 6.05. The van der Waals surface area contributed by atoms with Crippen LogP contribution < -0.4 is 10.2 Å². The molecule has 1 aromatic carbocycles. The highest BCUT2D eigenvalue weighted by molar-refractivity contribution is 6.31. The summed E-state index contributed by atoms with van der Waals surface area (Å²) in [6.07, 6.45) is 0. The van der Waals surface area contributed by atoms with E-state index in [4.69, 9.17) is 11.6 Å². The second-order valence-corrected chi connectivity index (χ2v) is 6.43. The minimum Gasteiger partial charge on any atom is -0.324 e. The van der Waals surface area contributed by atoms with Crippen LogP contribution in [0.5, 0.6) is 0 Å². The predicted octanol–water partition coefficient (Wildman–Crippen LogP) is 2.77. The number of nitrogens with zero attached hydrogens (tertiary/aromatic N) is 3. The molecule has 0 aliphatic carbocycles. The first-order chi connectivity index (χ1) is 11.4. The fraction of sp³-hybridized carbons (Fsp3) is 0.353. The summed E-state index contributed by atoms with van der Waals surface area (Å²) in [5, 5.41) is 7.76. The fourth-order valence-corrected chi connectivity index (χ4v) is 2.94. The maximum atomic E-state index is 12.9. The smallest absolute Gasteiger partial charge is 0.248 e. The van der Waals surface area contributed by atoms with E-state index in [1.807, 2.05) is 39.0 Å². The lowest BCUT2D eigenvalue weighted by Gasteiger charge is -2.23. The van der Waals surface area contributed by atoms with E-state index >= 15 is 0 Å². The van der Waals surface area contributed by atoms with Gasteiger partial charge in [0.15, 0.2) is 0 Å². The average Bonchev–Trinajstić information content (AvgIpc) is 2.72. The van der Waals surface area contributed by atoms with Crippen molar-refractivity contribution in [3.8, 4) is 0 Å². The van der Waals surface area contributed by atoms with E-state index < -0.39 is 0 Å². The zero-order valence-corrected chi connectivity index (χ0v) is 14.6. The molecule has 1 atom stereocenters. The lowest BCUT2D eigenvalue weighted by molar-refractivity contribution is -0.120. The van der Waals surface area contributed by atoms with Gasteiger partial charge >= 0.3 is 0 Å². The van der Waals surface area contributed by atoms with Crippen LogP contribution in [0.25, 0.3) is 0 Å². The van der Waals surface area contributed by atoms with Crippen molar-refractivity contribution in [2.45, 2.75) is 27.3 Å². The van der Waals surface area contributed by atoms with Crippen LogP contribution in [0, 0.1) is 19.8 Å². The van der Waals surface area contributed by atoms with Crippen LogP contribution in [0.4, 0.5) is 11.4 Å². The molecule has 0 fully saturated rings. The number of anilines is 2. The summed E-state index contributed by atoms with van der Waals surface area (Å²) in [7, 11) is 0.